The normalized spacial score (nSPS) is 18.5. The number of amides is 3. The fraction of sp³-hybridized carbons (Fsp3) is 0.500. The number of anilines is 2. The molecule has 1 aromatic rings. The molecule has 2 fully saturated rings. The zero-order valence-electron chi connectivity index (χ0n) is 17.6. The van der Waals surface area contributed by atoms with Crippen LogP contribution in [-0.2, 0) is 14.3 Å². The lowest BCUT2D eigenvalue weighted by Gasteiger charge is -2.36. The largest absolute Gasteiger partial charge is 0.442 e. The van der Waals surface area contributed by atoms with Crippen molar-refractivity contribution in [2.24, 2.45) is 0 Å². The molecule has 9 heteroatoms. The van der Waals surface area contributed by atoms with Gasteiger partial charge in [-0.25, -0.2) is 9.18 Å². The fourth-order valence-corrected chi connectivity index (χ4v) is 3.71. The molecule has 1 N–H and O–H groups in total. The summed E-state index contributed by atoms with van der Waals surface area (Å²) < 4.78 is 20.1. The van der Waals surface area contributed by atoms with Gasteiger partial charge in [0.15, 0.2) is 0 Å². The van der Waals surface area contributed by atoms with Crippen LogP contribution in [0.2, 0.25) is 0 Å². The van der Waals surface area contributed by atoms with Crippen LogP contribution in [0.1, 0.15) is 26.2 Å². The molecule has 166 valence electrons. The molecule has 1 atom stereocenters. The first kappa shape index (κ1) is 22.4. The van der Waals surface area contributed by atoms with Gasteiger partial charge in [0.25, 0.3) is 0 Å². The Morgan fingerprint density at radius 1 is 1.29 bits per heavy atom. The number of piperazine rings is 1. The van der Waals surface area contributed by atoms with E-state index in [1.165, 1.54) is 17.9 Å². The van der Waals surface area contributed by atoms with Gasteiger partial charge in [0.1, 0.15) is 11.9 Å². The zero-order chi connectivity index (χ0) is 22.4. The molecule has 0 bridgehead atoms. The highest BCUT2D eigenvalue weighted by atomic mass is 19.1. The Hall–Kier alpha value is -3.28. The number of unbranched alkanes of at least 4 members (excludes halogenated alkanes) is 1. The molecule has 0 spiro atoms. The van der Waals surface area contributed by atoms with Crippen LogP contribution < -0.4 is 15.1 Å². The predicted octanol–water partition coefficient (Wildman–Crippen LogP) is 1.74. The topological polar surface area (TPSA) is 82.2 Å². The van der Waals surface area contributed by atoms with Gasteiger partial charge in [0.2, 0.25) is 11.8 Å². The van der Waals surface area contributed by atoms with Crippen molar-refractivity contribution >= 4 is 29.3 Å². The van der Waals surface area contributed by atoms with Crippen LogP contribution in [-0.4, -0.2) is 68.2 Å². The van der Waals surface area contributed by atoms with Crippen molar-refractivity contribution in [1.29, 1.82) is 0 Å². The van der Waals surface area contributed by atoms with Crippen LogP contribution in [0.5, 0.6) is 0 Å². The molecule has 3 amide bonds. The first-order valence-electron chi connectivity index (χ1n) is 10.4. The van der Waals surface area contributed by atoms with E-state index in [0.29, 0.717) is 56.8 Å². The van der Waals surface area contributed by atoms with E-state index in [1.807, 2.05) is 4.90 Å². The summed E-state index contributed by atoms with van der Waals surface area (Å²) in [5, 5.41) is 2.61. The van der Waals surface area contributed by atoms with E-state index >= 15 is 0 Å². The molecule has 2 aliphatic rings. The van der Waals surface area contributed by atoms with Gasteiger partial charge < -0.3 is 19.9 Å². The van der Waals surface area contributed by atoms with Gasteiger partial charge in [-0.2, -0.15) is 0 Å². The number of hydrogen-bond donors (Lipinski definition) is 1. The number of terminal acetylenes is 1. The third-order valence-corrected chi connectivity index (χ3v) is 5.38. The van der Waals surface area contributed by atoms with E-state index in [1.54, 1.807) is 17.0 Å². The highest BCUT2D eigenvalue weighted by Gasteiger charge is 2.33. The average molecular weight is 430 g/mol. The molecule has 8 nitrogen and oxygen atoms in total. The van der Waals surface area contributed by atoms with Crippen molar-refractivity contribution in [3.05, 3.63) is 24.0 Å². The molecule has 0 saturated carbocycles. The second kappa shape index (κ2) is 10.2. The number of ether oxygens (including phenoxy) is 1. The minimum Gasteiger partial charge on any atom is -0.442 e. The molecular formula is C22H27FN4O4. The average Bonchev–Trinajstić information content (AvgIpc) is 3.13. The predicted molar refractivity (Wildman–Crippen MR) is 114 cm³/mol. The van der Waals surface area contributed by atoms with Crippen molar-refractivity contribution in [2.75, 3.05) is 49.1 Å². The van der Waals surface area contributed by atoms with Crippen molar-refractivity contribution in [1.82, 2.24) is 10.2 Å². The molecule has 0 aliphatic carbocycles. The smallest absolute Gasteiger partial charge is 0.414 e. The van der Waals surface area contributed by atoms with Crippen LogP contribution in [0.25, 0.3) is 0 Å². The van der Waals surface area contributed by atoms with E-state index in [-0.39, 0.29) is 24.9 Å². The molecule has 0 unspecified atom stereocenters. The number of nitrogens with zero attached hydrogens (tertiary/aromatic N) is 3. The monoisotopic (exact) mass is 430 g/mol. The minimum atomic E-state index is -0.570. The molecule has 2 saturated heterocycles. The Labute approximate surface area is 181 Å². The summed E-state index contributed by atoms with van der Waals surface area (Å²) in [5.41, 5.74) is 0.837. The second-order valence-corrected chi connectivity index (χ2v) is 7.61. The lowest BCUT2D eigenvalue weighted by molar-refractivity contribution is -0.131. The molecule has 2 aliphatic heterocycles. The maximum Gasteiger partial charge on any atom is 0.414 e. The van der Waals surface area contributed by atoms with Gasteiger partial charge in [-0.05, 0) is 24.6 Å². The van der Waals surface area contributed by atoms with Crippen LogP contribution in [0, 0.1) is 18.2 Å². The summed E-state index contributed by atoms with van der Waals surface area (Å²) in [6.07, 6.45) is 5.86. The van der Waals surface area contributed by atoms with E-state index in [0.717, 1.165) is 0 Å². The van der Waals surface area contributed by atoms with Gasteiger partial charge in [-0.3, -0.25) is 14.5 Å². The standard InChI is InChI=1S/C22H27FN4O4/c1-3-4-5-6-21(29)26-11-9-25(10-12-26)20-8-7-17(13-19(20)23)27-15-18(31-22(27)30)14-24-16(2)28/h1,7-8,13,18H,4-6,9-12,14-15H2,2H3,(H,24,28)/t18-/m0/s1. The SMILES string of the molecule is C#CCCCC(=O)N1CCN(c2ccc(N3C[C@H](CNC(C)=O)OC3=O)cc2F)CC1. The number of halogens is 1. The summed E-state index contributed by atoms with van der Waals surface area (Å²) in [7, 11) is 0. The number of hydrogen-bond acceptors (Lipinski definition) is 5. The van der Waals surface area contributed by atoms with Gasteiger partial charge >= 0.3 is 6.09 Å². The molecule has 0 aromatic heterocycles. The highest BCUT2D eigenvalue weighted by molar-refractivity contribution is 5.90. The fourth-order valence-electron chi connectivity index (χ4n) is 3.71. The molecule has 2 heterocycles. The number of carbonyl (C=O) groups excluding carboxylic acids is 3. The lowest BCUT2D eigenvalue weighted by Crippen LogP contribution is -2.49. The van der Waals surface area contributed by atoms with E-state index < -0.39 is 18.0 Å². The number of nitrogens with one attached hydrogen (secondary N) is 1. The molecule has 3 rings (SSSR count). The molecule has 0 radical (unpaired) electrons. The van der Waals surface area contributed by atoms with Crippen LogP contribution in [0.15, 0.2) is 18.2 Å². The molecule has 1 aromatic carbocycles. The second-order valence-electron chi connectivity index (χ2n) is 7.61. The Morgan fingerprint density at radius 2 is 2.03 bits per heavy atom. The summed E-state index contributed by atoms with van der Waals surface area (Å²) in [5.74, 6) is 1.96. The third-order valence-electron chi connectivity index (χ3n) is 5.38. The van der Waals surface area contributed by atoms with E-state index in [2.05, 4.69) is 11.2 Å². The zero-order valence-corrected chi connectivity index (χ0v) is 17.6. The molecule has 31 heavy (non-hydrogen) atoms. The van der Waals surface area contributed by atoms with Crippen molar-refractivity contribution < 1.29 is 23.5 Å². The van der Waals surface area contributed by atoms with Crippen LogP contribution in [0.4, 0.5) is 20.6 Å². The Morgan fingerprint density at radius 3 is 2.68 bits per heavy atom. The minimum absolute atomic E-state index is 0.0760. The van der Waals surface area contributed by atoms with Crippen molar-refractivity contribution in [3.63, 3.8) is 0 Å². The maximum absolute atomic E-state index is 14.9. The first-order valence-corrected chi connectivity index (χ1v) is 10.4. The lowest BCUT2D eigenvalue weighted by atomic mass is 10.2. The Kier molecular flexibility index (Phi) is 7.34. The third kappa shape index (κ3) is 5.66. The van der Waals surface area contributed by atoms with Crippen molar-refractivity contribution in [2.45, 2.75) is 32.3 Å². The summed E-state index contributed by atoms with van der Waals surface area (Å²) in [6.45, 7) is 3.95. The van der Waals surface area contributed by atoms with Gasteiger partial charge in [-0.15, -0.1) is 12.3 Å². The van der Waals surface area contributed by atoms with Crippen molar-refractivity contribution in [3.8, 4) is 12.3 Å². The van der Waals surface area contributed by atoms with Crippen LogP contribution in [0.3, 0.4) is 0 Å². The Balaban J connectivity index is 1.57. The highest BCUT2D eigenvalue weighted by Crippen LogP contribution is 2.28. The summed E-state index contributed by atoms with van der Waals surface area (Å²) in [4.78, 5) is 40.4. The number of carbonyl (C=O) groups is 3. The van der Waals surface area contributed by atoms with Crippen LogP contribution >= 0.6 is 0 Å². The summed E-state index contributed by atoms with van der Waals surface area (Å²) >= 11 is 0. The molecular weight excluding hydrogens is 403 g/mol. The Bertz CT molecular complexity index is 877. The number of cyclic esters (lactones) is 1. The first-order chi connectivity index (χ1) is 14.9. The van der Waals surface area contributed by atoms with E-state index in [4.69, 9.17) is 11.2 Å². The van der Waals surface area contributed by atoms with Gasteiger partial charge in [-0.1, -0.05) is 0 Å². The quantitative estimate of drug-likeness (QED) is 0.526. The summed E-state index contributed by atoms with van der Waals surface area (Å²) in [6, 6.07) is 4.63. The van der Waals surface area contributed by atoms with Gasteiger partial charge in [0.05, 0.1) is 24.5 Å². The van der Waals surface area contributed by atoms with Gasteiger partial charge in [0, 0.05) is 45.9 Å². The maximum atomic E-state index is 14.9. The number of benzene rings is 1. The number of rotatable bonds is 7. The van der Waals surface area contributed by atoms with E-state index in [9.17, 15) is 18.8 Å².